The van der Waals surface area contributed by atoms with Gasteiger partial charge in [0.05, 0.1) is 17.6 Å². The topological polar surface area (TPSA) is 87.8 Å². The van der Waals surface area contributed by atoms with Crippen LogP contribution in [0.2, 0.25) is 0 Å². The predicted octanol–water partition coefficient (Wildman–Crippen LogP) is 0.738. The van der Waals surface area contributed by atoms with Crippen LogP contribution in [0.3, 0.4) is 0 Å². The maximum absolute atomic E-state index is 12.7. The van der Waals surface area contributed by atoms with Crippen molar-refractivity contribution in [3.8, 4) is 0 Å². The average molecular weight is 374 g/mol. The van der Waals surface area contributed by atoms with Crippen LogP contribution in [0, 0.1) is 0 Å². The van der Waals surface area contributed by atoms with Gasteiger partial charge in [0.25, 0.3) is 0 Å². The number of benzene rings is 1. The molecule has 2 heterocycles. The lowest BCUT2D eigenvalue weighted by molar-refractivity contribution is -0.140. The smallest absolute Gasteiger partial charge is 0.329 e. The zero-order valence-corrected chi connectivity index (χ0v) is 15.8. The fourth-order valence-corrected chi connectivity index (χ4v) is 3.90. The Morgan fingerprint density at radius 3 is 2.41 bits per heavy atom. The van der Waals surface area contributed by atoms with Crippen LogP contribution in [0.15, 0.2) is 29.1 Å². The van der Waals surface area contributed by atoms with Gasteiger partial charge in [-0.05, 0) is 31.5 Å². The molecule has 0 bridgehead atoms. The quantitative estimate of drug-likeness (QED) is 0.806. The molecule has 0 spiro atoms. The highest BCUT2D eigenvalue weighted by atomic mass is 16.4. The molecule has 1 aliphatic heterocycles. The first-order chi connectivity index (χ1) is 12.9. The van der Waals surface area contributed by atoms with Crippen molar-refractivity contribution in [2.24, 2.45) is 7.05 Å². The Labute approximate surface area is 157 Å². The van der Waals surface area contributed by atoms with E-state index in [-0.39, 0.29) is 30.7 Å². The Balaban J connectivity index is 1.66. The van der Waals surface area contributed by atoms with E-state index in [1.807, 2.05) is 36.1 Å². The van der Waals surface area contributed by atoms with Gasteiger partial charge >= 0.3 is 11.7 Å². The lowest BCUT2D eigenvalue weighted by Gasteiger charge is -2.37. The molecule has 0 radical (unpaired) electrons. The third-order valence-electron chi connectivity index (χ3n) is 5.42. The minimum absolute atomic E-state index is 0.0253. The van der Waals surface area contributed by atoms with E-state index >= 15 is 0 Å². The van der Waals surface area contributed by atoms with Gasteiger partial charge in [0.15, 0.2) is 0 Å². The van der Waals surface area contributed by atoms with Gasteiger partial charge in [-0.3, -0.25) is 23.6 Å². The van der Waals surface area contributed by atoms with Crippen LogP contribution in [-0.2, 0) is 23.2 Å². The highest BCUT2D eigenvalue weighted by Crippen LogP contribution is 2.18. The first-order valence-corrected chi connectivity index (χ1v) is 9.30. The molecule has 1 N–H and O–H groups in total. The molecule has 1 amide bonds. The van der Waals surface area contributed by atoms with E-state index in [1.165, 1.54) is 4.57 Å². The summed E-state index contributed by atoms with van der Waals surface area (Å²) in [5.41, 5.74) is 1.37. The Morgan fingerprint density at radius 1 is 1.19 bits per heavy atom. The summed E-state index contributed by atoms with van der Waals surface area (Å²) in [6.45, 7) is 3.85. The molecular formula is C19H26N4O4. The van der Waals surface area contributed by atoms with Crippen molar-refractivity contribution in [3.63, 3.8) is 0 Å². The summed E-state index contributed by atoms with van der Waals surface area (Å²) >= 11 is 0. The number of para-hydroxylation sites is 2. The van der Waals surface area contributed by atoms with E-state index in [9.17, 15) is 14.4 Å². The number of amides is 1. The maximum atomic E-state index is 12.7. The van der Waals surface area contributed by atoms with Crippen molar-refractivity contribution in [1.82, 2.24) is 18.9 Å². The number of piperidine rings is 1. The number of carboxylic acid groups (broad SMARTS) is 1. The summed E-state index contributed by atoms with van der Waals surface area (Å²) in [5, 5.41) is 9.02. The molecule has 2 aromatic rings. The minimum atomic E-state index is -0.828. The summed E-state index contributed by atoms with van der Waals surface area (Å²) in [7, 11) is 1.71. The summed E-state index contributed by atoms with van der Waals surface area (Å²) in [6.07, 6.45) is 1.49. The second kappa shape index (κ2) is 7.96. The highest BCUT2D eigenvalue weighted by molar-refractivity contribution is 5.81. The first-order valence-electron chi connectivity index (χ1n) is 9.30. The van der Waals surface area contributed by atoms with Gasteiger partial charge in [-0.15, -0.1) is 0 Å². The number of fused-ring (bicyclic) bond motifs is 1. The van der Waals surface area contributed by atoms with Crippen LogP contribution in [0.25, 0.3) is 11.0 Å². The lowest BCUT2D eigenvalue weighted by atomic mass is 10.0. The van der Waals surface area contributed by atoms with E-state index in [0.717, 1.165) is 23.9 Å². The summed E-state index contributed by atoms with van der Waals surface area (Å²) in [4.78, 5) is 39.9. The minimum Gasteiger partial charge on any atom is -0.480 e. The molecule has 1 saturated heterocycles. The third-order valence-corrected chi connectivity index (χ3v) is 5.42. The number of aliphatic carboxylic acids is 1. The van der Waals surface area contributed by atoms with E-state index in [2.05, 4.69) is 0 Å². The maximum Gasteiger partial charge on any atom is 0.329 e. The number of imidazole rings is 1. The molecule has 1 aromatic carbocycles. The Morgan fingerprint density at radius 2 is 1.81 bits per heavy atom. The number of hydrogen-bond acceptors (Lipinski definition) is 4. The van der Waals surface area contributed by atoms with Crippen LogP contribution in [0.4, 0.5) is 0 Å². The summed E-state index contributed by atoms with van der Waals surface area (Å²) < 4.78 is 3.08. The lowest BCUT2D eigenvalue weighted by Crippen LogP contribution is -2.49. The number of carboxylic acids is 1. The molecule has 1 aromatic heterocycles. The number of likely N-dealkylation sites (N-methyl/N-ethyl adjacent to an activating group) is 1. The summed E-state index contributed by atoms with van der Waals surface area (Å²) in [5.74, 6) is -0.904. The number of carbonyl (C=O) groups is 2. The van der Waals surface area contributed by atoms with Crippen molar-refractivity contribution < 1.29 is 14.7 Å². The van der Waals surface area contributed by atoms with Gasteiger partial charge in [0, 0.05) is 26.2 Å². The second-order valence-electron chi connectivity index (χ2n) is 6.99. The molecule has 8 nitrogen and oxygen atoms in total. The van der Waals surface area contributed by atoms with E-state index in [4.69, 9.17) is 5.11 Å². The van der Waals surface area contributed by atoms with Crippen LogP contribution in [0.1, 0.15) is 19.8 Å². The van der Waals surface area contributed by atoms with Gasteiger partial charge in [-0.2, -0.15) is 0 Å². The Kier molecular flexibility index (Phi) is 5.65. The number of hydrogen-bond donors (Lipinski definition) is 1. The molecular weight excluding hydrogens is 348 g/mol. The molecule has 3 rings (SSSR count). The molecule has 0 aliphatic carbocycles. The van der Waals surface area contributed by atoms with Crippen LogP contribution in [-0.4, -0.2) is 68.1 Å². The number of likely N-dealkylation sites (tertiary alicyclic amines) is 1. The number of nitrogens with zero attached hydrogens (tertiary/aromatic N) is 4. The number of aryl methyl sites for hydroxylation is 1. The zero-order chi connectivity index (χ0) is 19.6. The second-order valence-corrected chi connectivity index (χ2v) is 6.99. The van der Waals surface area contributed by atoms with E-state index < -0.39 is 5.97 Å². The van der Waals surface area contributed by atoms with Gasteiger partial charge in [-0.1, -0.05) is 19.1 Å². The average Bonchev–Trinajstić information content (AvgIpc) is 2.91. The molecule has 1 aliphatic rings. The van der Waals surface area contributed by atoms with E-state index in [0.29, 0.717) is 19.6 Å². The molecule has 0 unspecified atom stereocenters. The molecule has 1 fully saturated rings. The van der Waals surface area contributed by atoms with Crippen LogP contribution in [0.5, 0.6) is 0 Å². The number of rotatable bonds is 6. The fraction of sp³-hybridized carbons (Fsp3) is 0.526. The molecule has 0 atom stereocenters. The summed E-state index contributed by atoms with van der Waals surface area (Å²) in [6, 6.07) is 7.62. The van der Waals surface area contributed by atoms with Crippen LogP contribution >= 0.6 is 0 Å². The van der Waals surface area contributed by atoms with Gasteiger partial charge in [0.2, 0.25) is 5.91 Å². The van der Waals surface area contributed by atoms with Crippen molar-refractivity contribution >= 4 is 22.9 Å². The van der Waals surface area contributed by atoms with Crippen LogP contribution < -0.4 is 5.69 Å². The SMILES string of the molecule is CCN(CC(=O)O)C1CCN(C(=O)Cn2c(=O)n(C)c3ccccc32)CC1. The third kappa shape index (κ3) is 3.90. The molecule has 0 saturated carbocycles. The van der Waals surface area contributed by atoms with Crippen molar-refractivity contribution in [3.05, 3.63) is 34.7 Å². The normalized spacial score (nSPS) is 15.6. The Hall–Kier alpha value is -2.61. The van der Waals surface area contributed by atoms with Crippen molar-refractivity contribution in [2.45, 2.75) is 32.4 Å². The Bertz CT molecular complexity index is 893. The van der Waals surface area contributed by atoms with Crippen molar-refractivity contribution in [2.75, 3.05) is 26.2 Å². The monoisotopic (exact) mass is 374 g/mol. The highest BCUT2D eigenvalue weighted by Gasteiger charge is 2.27. The van der Waals surface area contributed by atoms with Crippen molar-refractivity contribution in [1.29, 1.82) is 0 Å². The van der Waals surface area contributed by atoms with Gasteiger partial charge in [-0.25, -0.2) is 4.79 Å². The standard InChI is InChI=1S/C19H26N4O4/c1-3-21(13-18(25)26)14-8-10-22(11-9-14)17(24)12-23-16-7-5-4-6-15(16)20(2)19(23)27/h4-7,14H,3,8-13H2,1-2H3,(H,25,26). The largest absolute Gasteiger partial charge is 0.480 e. The molecule has 27 heavy (non-hydrogen) atoms. The van der Waals surface area contributed by atoms with Gasteiger partial charge in [0.1, 0.15) is 6.54 Å². The first kappa shape index (κ1) is 19.2. The molecule has 146 valence electrons. The predicted molar refractivity (Wildman–Crippen MR) is 102 cm³/mol. The fourth-order valence-electron chi connectivity index (χ4n) is 3.90. The molecule has 8 heteroatoms. The number of aromatic nitrogens is 2. The number of carbonyl (C=O) groups excluding carboxylic acids is 1. The van der Waals surface area contributed by atoms with Gasteiger partial charge < -0.3 is 10.0 Å². The zero-order valence-electron chi connectivity index (χ0n) is 15.8. The van der Waals surface area contributed by atoms with E-state index in [1.54, 1.807) is 16.5 Å².